The molecule has 0 bridgehead atoms. The zero-order valence-corrected chi connectivity index (χ0v) is 12.3. The normalized spacial score (nSPS) is 16.4. The second-order valence-corrected chi connectivity index (χ2v) is 5.76. The maximum Gasteiger partial charge on any atom is 0.230 e. The van der Waals surface area contributed by atoms with E-state index in [1.165, 1.54) is 0 Å². The van der Waals surface area contributed by atoms with Gasteiger partial charge in [-0.15, -0.1) is 0 Å². The third kappa shape index (κ3) is 3.20. The maximum atomic E-state index is 12.4. The van der Waals surface area contributed by atoms with Crippen LogP contribution in [-0.4, -0.2) is 12.5 Å². The van der Waals surface area contributed by atoms with Gasteiger partial charge in [0.05, 0.1) is 6.54 Å². The monoisotopic (exact) mass is 270 g/mol. The van der Waals surface area contributed by atoms with Crippen molar-refractivity contribution in [3.05, 3.63) is 29.3 Å². The Morgan fingerprint density at radius 1 is 1.40 bits per heavy atom. The van der Waals surface area contributed by atoms with Gasteiger partial charge in [-0.05, 0) is 43.5 Å². The summed E-state index contributed by atoms with van der Waals surface area (Å²) >= 11 is 0. The highest BCUT2D eigenvalue weighted by atomic mass is 16.2. The third-order valence-electron chi connectivity index (χ3n) is 4.06. The van der Waals surface area contributed by atoms with E-state index in [1.807, 2.05) is 25.1 Å². The molecule has 0 aromatic heterocycles. The van der Waals surface area contributed by atoms with E-state index < -0.39 is 0 Å². The van der Waals surface area contributed by atoms with Gasteiger partial charge in [0.2, 0.25) is 5.91 Å². The van der Waals surface area contributed by atoms with Crippen molar-refractivity contribution < 1.29 is 4.79 Å². The van der Waals surface area contributed by atoms with Gasteiger partial charge in [-0.1, -0.05) is 31.6 Å². The number of benzene rings is 1. The molecule has 1 aliphatic rings. The summed E-state index contributed by atoms with van der Waals surface area (Å²) in [5.74, 6) is 5.97. The van der Waals surface area contributed by atoms with Crippen molar-refractivity contribution >= 4 is 11.6 Å². The average molecular weight is 270 g/mol. The molecule has 1 amide bonds. The zero-order chi connectivity index (χ0) is 14.6. The van der Waals surface area contributed by atoms with Crippen molar-refractivity contribution in [3.63, 3.8) is 0 Å². The van der Waals surface area contributed by atoms with Crippen LogP contribution >= 0.6 is 0 Å². The molecule has 106 valence electrons. The SMILES string of the molecule is Cc1cc(C#CCN)ccc1NC(=O)C1(C)CCCC1. The van der Waals surface area contributed by atoms with Crippen molar-refractivity contribution in [2.24, 2.45) is 11.1 Å². The van der Waals surface area contributed by atoms with Crippen LogP contribution in [0.15, 0.2) is 18.2 Å². The molecule has 0 atom stereocenters. The minimum absolute atomic E-state index is 0.138. The number of rotatable bonds is 2. The number of nitrogens with two attached hydrogens (primary N) is 1. The van der Waals surface area contributed by atoms with Crippen molar-refractivity contribution in [2.75, 3.05) is 11.9 Å². The van der Waals surface area contributed by atoms with E-state index in [2.05, 4.69) is 24.1 Å². The van der Waals surface area contributed by atoms with Crippen molar-refractivity contribution in [2.45, 2.75) is 39.5 Å². The van der Waals surface area contributed by atoms with E-state index in [0.717, 1.165) is 42.5 Å². The maximum absolute atomic E-state index is 12.4. The molecule has 1 fully saturated rings. The fourth-order valence-corrected chi connectivity index (χ4v) is 2.69. The van der Waals surface area contributed by atoms with Crippen LogP contribution in [0.25, 0.3) is 0 Å². The summed E-state index contributed by atoms with van der Waals surface area (Å²) in [6.07, 6.45) is 4.27. The first-order valence-electron chi connectivity index (χ1n) is 7.16. The van der Waals surface area contributed by atoms with Gasteiger partial charge in [0.25, 0.3) is 0 Å². The van der Waals surface area contributed by atoms with E-state index in [1.54, 1.807) is 0 Å². The Hall–Kier alpha value is -1.79. The second kappa shape index (κ2) is 6.11. The summed E-state index contributed by atoms with van der Waals surface area (Å²) in [5, 5.41) is 3.06. The van der Waals surface area contributed by atoms with Crippen molar-refractivity contribution in [1.82, 2.24) is 0 Å². The lowest BCUT2D eigenvalue weighted by molar-refractivity contribution is -0.124. The fourth-order valence-electron chi connectivity index (χ4n) is 2.69. The lowest BCUT2D eigenvalue weighted by Gasteiger charge is -2.22. The second-order valence-electron chi connectivity index (χ2n) is 5.76. The Morgan fingerprint density at radius 3 is 2.70 bits per heavy atom. The highest BCUT2D eigenvalue weighted by molar-refractivity contribution is 5.95. The molecule has 1 aromatic carbocycles. The number of anilines is 1. The Bertz CT molecular complexity index is 560. The molecule has 0 spiro atoms. The van der Waals surface area contributed by atoms with Gasteiger partial charge in [-0.25, -0.2) is 0 Å². The summed E-state index contributed by atoms with van der Waals surface area (Å²) in [5.41, 5.74) is 8.00. The number of carbonyl (C=O) groups is 1. The zero-order valence-electron chi connectivity index (χ0n) is 12.3. The first-order valence-corrected chi connectivity index (χ1v) is 7.16. The van der Waals surface area contributed by atoms with Gasteiger partial charge >= 0.3 is 0 Å². The van der Waals surface area contributed by atoms with Gasteiger partial charge in [0.15, 0.2) is 0 Å². The number of aryl methyl sites for hydroxylation is 1. The average Bonchev–Trinajstić information content (AvgIpc) is 2.87. The van der Waals surface area contributed by atoms with Crippen molar-refractivity contribution in [3.8, 4) is 11.8 Å². The molecule has 0 heterocycles. The molecule has 3 nitrogen and oxygen atoms in total. The van der Waals surface area contributed by atoms with Crippen LogP contribution in [0.4, 0.5) is 5.69 Å². The van der Waals surface area contributed by atoms with Gasteiger partial charge in [-0.3, -0.25) is 4.79 Å². The molecule has 0 aliphatic heterocycles. The summed E-state index contributed by atoms with van der Waals surface area (Å²) in [7, 11) is 0. The molecule has 20 heavy (non-hydrogen) atoms. The minimum atomic E-state index is -0.204. The Balaban J connectivity index is 2.12. The molecule has 3 heteroatoms. The minimum Gasteiger partial charge on any atom is -0.325 e. The van der Waals surface area contributed by atoms with Crippen LogP contribution in [0.3, 0.4) is 0 Å². The van der Waals surface area contributed by atoms with Crippen LogP contribution in [0.5, 0.6) is 0 Å². The van der Waals surface area contributed by atoms with Gasteiger partial charge in [0, 0.05) is 16.7 Å². The predicted molar refractivity (Wildman–Crippen MR) is 82.3 cm³/mol. The number of hydrogen-bond acceptors (Lipinski definition) is 2. The quantitative estimate of drug-likeness (QED) is 0.812. The van der Waals surface area contributed by atoms with E-state index in [-0.39, 0.29) is 11.3 Å². The van der Waals surface area contributed by atoms with E-state index in [9.17, 15) is 4.79 Å². The first-order chi connectivity index (χ1) is 9.55. The molecule has 1 aromatic rings. The Morgan fingerprint density at radius 2 is 2.10 bits per heavy atom. The predicted octanol–water partition coefficient (Wildman–Crippen LogP) is 2.82. The summed E-state index contributed by atoms with van der Waals surface area (Å²) in [4.78, 5) is 12.4. The molecule has 1 aliphatic carbocycles. The van der Waals surface area contributed by atoms with Crippen LogP contribution in [0, 0.1) is 24.2 Å². The topological polar surface area (TPSA) is 55.1 Å². The molecular formula is C17H22N2O. The number of nitrogens with one attached hydrogen (secondary N) is 1. The highest BCUT2D eigenvalue weighted by Gasteiger charge is 2.36. The standard InChI is InChI=1S/C17H22N2O/c1-13-12-14(6-5-11-18)7-8-15(13)19-16(20)17(2)9-3-4-10-17/h7-8,12H,3-4,9-11,18H2,1-2H3,(H,19,20). The lowest BCUT2D eigenvalue weighted by Crippen LogP contribution is -2.31. The first kappa shape index (κ1) is 14.6. The Kier molecular flexibility index (Phi) is 4.46. The molecule has 0 saturated heterocycles. The highest BCUT2D eigenvalue weighted by Crippen LogP contribution is 2.38. The smallest absolute Gasteiger partial charge is 0.230 e. The molecule has 0 unspecified atom stereocenters. The van der Waals surface area contributed by atoms with E-state index in [4.69, 9.17) is 5.73 Å². The number of hydrogen-bond donors (Lipinski definition) is 2. The van der Waals surface area contributed by atoms with Crippen molar-refractivity contribution in [1.29, 1.82) is 0 Å². The fraction of sp³-hybridized carbons (Fsp3) is 0.471. The largest absolute Gasteiger partial charge is 0.325 e. The summed E-state index contributed by atoms with van der Waals surface area (Å²) < 4.78 is 0. The Labute approximate surface area is 120 Å². The van der Waals surface area contributed by atoms with E-state index in [0.29, 0.717) is 6.54 Å². The number of amides is 1. The van der Waals surface area contributed by atoms with Gasteiger partial charge < -0.3 is 11.1 Å². The molecular weight excluding hydrogens is 248 g/mol. The third-order valence-corrected chi connectivity index (χ3v) is 4.06. The number of carbonyl (C=O) groups excluding carboxylic acids is 1. The van der Waals surface area contributed by atoms with Crippen LogP contribution in [0.2, 0.25) is 0 Å². The van der Waals surface area contributed by atoms with Crippen LogP contribution in [-0.2, 0) is 4.79 Å². The van der Waals surface area contributed by atoms with E-state index >= 15 is 0 Å². The molecule has 3 N–H and O–H groups in total. The lowest BCUT2D eigenvalue weighted by atomic mass is 9.87. The summed E-state index contributed by atoms with van der Waals surface area (Å²) in [6.45, 7) is 4.40. The van der Waals surface area contributed by atoms with Gasteiger partial charge in [-0.2, -0.15) is 0 Å². The van der Waals surface area contributed by atoms with Crippen LogP contribution in [0.1, 0.15) is 43.7 Å². The van der Waals surface area contributed by atoms with Crippen LogP contribution < -0.4 is 11.1 Å². The molecule has 0 radical (unpaired) electrons. The molecule has 2 rings (SSSR count). The van der Waals surface area contributed by atoms with Gasteiger partial charge in [0.1, 0.15) is 0 Å². The summed E-state index contributed by atoms with van der Waals surface area (Å²) in [6, 6.07) is 5.82. The molecule has 1 saturated carbocycles.